The fourth-order valence-corrected chi connectivity index (χ4v) is 10.9. The van der Waals surface area contributed by atoms with E-state index in [4.69, 9.17) is 35.0 Å². The Morgan fingerprint density at radius 3 is 1.47 bits per heavy atom. The molecule has 0 atom stereocenters. The van der Waals surface area contributed by atoms with E-state index in [9.17, 15) is 19.2 Å². The second-order valence-electron chi connectivity index (χ2n) is 17.7. The molecule has 0 saturated carbocycles. The molecule has 12 aromatic rings. The number of para-hydroxylation sites is 7. The Kier molecular flexibility index (Phi) is 5.09. The van der Waals surface area contributed by atoms with Crippen molar-refractivity contribution in [1.29, 1.82) is 0 Å². The third-order valence-electron chi connectivity index (χ3n) is 13.8. The first-order valence-electron chi connectivity index (χ1n) is 38.0. The van der Waals surface area contributed by atoms with Crippen LogP contribution in [0.3, 0.4) is 0 Å². The van der Waals surface area contributed by atoms with Gasteiger partial charge in [0.15, 0.2) is 0 Å². The van der Waals surface area contributed by atoms with Crippen LogP contribution in [-0.4, -0.2) is 23.0 Å². The summed E-state index contributed by atoms with van der Waals surface area (Å²) in [5.74, 6) is -0.152. The van der Waals surface area contributed by atoms with E-state index in [0.717, 1.165) is 14.7 Å². The van der Waals surface area contributed by atoms with Gasteiger partial charge in [0.05, 0.1) is 62.2 Å². The first-order valence-corrected chi connectivity index (χ1v) is 23.5. The van der Waals surface area contributed by atoms with Gasteiger partial charge in [-0.25, -0.2) is 4.98 Å². The van der Waals surface area contributed by atoms with Gasteiger partial charge >= 0.3 is 0 Å². The highest BCUT2D eigenvalue weighted by molar-refractivity contribution is 7.02. The molecule has 76 heavy (non-hydrogen) atoms. The van der Waals surface area contributed by atoms with E-state index in [1.165, 1.54) is 24.3 Å². The van der Waals surface area contributed by atoms with Gasteiger partial charge in [-0.15, -0.1) is 0 Å². The van der Waals surface area contributed by atoms with Gasteiger partial charge in [-0.05, 0) is 117 Å². The van der Waals surface area contributed by atoms with Crippen molar-refractivity contribution in [1.82, 2.24) is 9.55 Å². The monoisotopic (exact) mass is 1000 g/mol. The van der Waals surface area contributed by atoms with E-state index in [-0.39, 0.29) is 56.4 Å². The summed E-state index contributed by atoms with van der Waals surface area (Å²) in [6.07, 6.45) is 0. The highest BCUT2D eigenvalue weighted by Gasteiger charge is 2.47. The van der Waals surface area contributed by atoms with Crippen LogP contribution in [0.25, 0.3) is 28.1 Å². The van der Waals surface area contributed by atoms with Crippen molar-refractivity contribution in [3.8, 4) is 40.1 Å². The van der Waals surface area contributed by atoms with Crippen LogP contribution in [0.15, 0.2) is 260 Å². The van der Waals surface area contributed by atoms with Crippen LogP contribution in [0.2, 0.25) is 0 Å². The minimum Gasteiger partial charge on any atom is -0.458 e. The van der Waals surface area contributed by atoms with Gasteiger partial charge in [0.25, 0.3) is 13.4 Å². The predicted octanol–water partition coefficient (Wildman–Crippen LogP) is 13.0. The minimum absolute atomic E-state index is 0.00811. The van der Waals surface area contributed by atoms with Gasteiger partial charge in [-0.3, -0.25) is 4.57 Å². The molecule has 1 aromatic heterocycles. The molecule has 0 spiro atoms. The number of rotatable bonds is 8. The van der Waals surface area contributed by atoms with E-state index in [0.29, 0.717) is 38.8 Å². The van der Waals surface area contributed by atoms with Crippen molar-refractivity contribution in [3.05, 3.63) is 260 Å². The fourth-order valence-electron chi connectivity index (χ4n) is 10.9. The van der Waals surface area contributed by atoms with E-state index in [1.807, 2.05) is 22.8 Å². The molecule has 0 fully saturated rings. The van der Waals surface area contributed by atoms with Crippen molar-refractivity contribution < 1.29 is 49.2 Å². The van der Waals surface area contributed by atoms with Crippen LogP contribution in [0.1, 0.15) is 39.8 Å². The molecular formula is C67H43B2N5O2. The predicted molar refractivity (Wildman–Crippen MR) is 313 cm³/mol. The first kappa shape index (κ1) is 23.1. The first-order chi connectivity index (χ1) is 49.7. The standard InChI is InChI=1S/C67H43B2N5O2/c1-7-22-44(23-8-1)67-70-56-36-21-35-53-66(56)74(67)59-39-51(72(47-28-13-4-14-29-47)48-30-15-5-16-31-48)41-63-65(59)69(53)55-42-54-60(43-61(55)76-63)75-62-40-50(71(45-24-9-2-10-25-45)46-26-11-3-12-27-46)38-58-64(62)68(54)52-34-19-20-37-57(52)73(58)49-32-17-6-18-33-49/h1-43H/i2D,3D,4D,5D,6D,9D,10D,11D,12D,13D,14D,15D,16D,17D,18D,19D,20D,24D,25D,26D,27D,28D,29D,30D,31D,32D,33D,34D,37D. The summed E-state index contributed by atoms with van der Waals surface area (Å²) in [6.45, 7) is -2.46. The summed E-state index contributed by atoms with van der Waals surface area (Å²) < 4.78 is 281. The molecule has 0 aliphatic carbocycles. The highest BCUT2D eigenvalue weighted by atomic mass is 16.5. The summed E-state index contributed by atoms with van der Waals surface area (Å²) in [4.78, 5) is 7.96. The van der Waals surface area contributed by atoms with Crippen molar-refractivity contribution in [2.45, 2.75) is 0 Å². The fraction of sp³-hybridized carbons (Fsp3) is 0. The summed E-state index contributed by atoms with van der Waals surface area (Å²) >= 11 is 0. The average Bonchev–Trinajstić information content (AvgIpc) is 1.40. The molecule has 354 valence electrons. The Morgan fingerprint density at radius 1 is 0.395 bits per heavy atom. The molecule has 0 saturated heterocycles. The van der Waals surface area contributed by atoms with Crippen LogP contribution in [-0.2, 0) is 0 Å². The van der Waals surface area contributed by atoms with Crippen molar-refractivity contribution in [2.75, 3.05) is 14.7 Å². The van der Waals surface area contributed by atoms with Crippen LogP contribution >= 0.6 is 0 Å². The molecule has 0 unspecified atom stereocenters. The summed E-state index contributed by atoms with van der Waals surface area (Å²) in [5.41, 5.74) is -1.97. The van der Waals surface area contributed by atoms with Gasteiger partial charge in [0.2, 0.25) is 0 Å². The lowest BCUT2D eigenvalue weighted by molar-refractivity contribution is 0.465. The molecular weight excluding hydrogens is 928 g/mol. The number of hydrogen-bond donors (Lipinski definition) is 0. The molecule has 9 heteroatoms. The normalized spacial score (nSPS) is 18.2. The summed E-state index contributed by atoms with van der Waals surface area (Å²) in [6, 6.07) is -2.25. The quantitative estimate of drug-likeness (QED) is 0.141. The lowest BCUT2D eigenvalue weighted by Crippen LogP contribution is -2.63. The maximum atomic E-state index is 9.98. The number of fused-ring (bicyclic) bond motifs is 8. The highest BCUT2D eigenvalue weighted by Crippen LogP contribution is 2.48. The Morgan fingerprint density at radius 2 is 0.895 bits per heavy atom. The van der Waals surface area contributed by atoms with Gasteiger partial charge < -0.3 is 24.2 Å². The largest absolute Gasteiger partial charge is 0.458 e. The molecule has 0 bridgehead atoms. The van der Waals surface area contributed by atoms with Crippen LogP contribution in [0.4, 0.5) is 51.2 Å². The molecule has 4 aliphatic rings. The van der Waals surface area contributed by atoms with Crippen LogP contribution in [0, 0.1) is 0 Å². The Hall–Kier alpha value is -9.98. The zero-order valence-corrected chi connectivity index (χ0v) is 38.8. The number of hydrogen-bond acceptors (Lipinski definition) is 6. The van der Waals surface area contributed by atoms with Gasteiger partial charge in [-0.2, -0.15) is 0 Å². The molecule has 7 nitrogen and oxygen atoms in total. The van der Waals surface area contributed by atoms with E-state index >= 15 is 0 Å². The summed E-state index contributed by atoms with van der Waals surface area (Å²) in [5, 5.41) is 0. The lowest BCUT2D eigenvalue weighted by atomic mass is 9.31. The second kappa shape index (κ2) is 16.8. The maximum Gasteiger partial charge on any atom is 0.256 e. The molecule has 16 rings (SSSR count). The third kappa shape index (κ3) is 6.42. The molecule has 0 radical (unpaired) electrons. The van der Waals surface area contributed by atoms with E-state index in [2.05, 4.69) is 0 Å². The second-order valence-corrected chi connectivity index (χ2v) is 17.7. The van der Waals surface area contributed by atoms with Crippen LogP contribution in [0.5, 0.6) is 23.0 Å². The van der Waals surface area contributed by atoms with Crippen LogP contribution < -0.4 is 57.0 Å². The number of ether oxygens (including phenoxy) is 2. The molecule has 11 aromatic carbocycles. The molecule has 4 aliphatic heterocycles. The van der Waals surface area contributed by atoms with Crippen molar-refractivity contribution in [3.63, 3.8) is 0 Å². The van der Waals surface area contributed by atoms with Crippen molar-refractivity contribution in [2.24, 2.45) is 0 Å². The van der Waals surface area contributed by atoms with E-state index < -0.39 is 228 Å². The zero-order chi connectivity index (χ0) is 75.1. The Bertz CT molecular complexity index is 5780. The Labute approximate surface area is 481 Å². The number of imidazole rings is 1. The van der Waals surface area contributed by atoms with Gasteiger partial charge in [0, 0.05) is 69.3 Å². The molecule has 0 N–H and O–H groups in total. The zero-order valence-electron chi connectivity index (χ0n) is 67.8. The number of anilines is 9. The number of nitrogens with zero attached hydrogens (tertiary/aromatic N) is 5. The summed E-state index contributed by atoms with van der Waals surface area (Å²) in [7, 11) is 0. The molecule has 0 amide bonds. The minimum atomic E-state index is -1.48. The average molecular weight is 1000 g/mol. The smallest absolute Gasteiger partial charge is 0.256 e. The maximum absolute atomic E-state index is 9.98. The van der Waals surface area contributed by atoms with Gasteiger partial charge in [-0.1, -0.05) is 157 Å². The van der Waals surface area contributed by atoms with E-state index in [1.54, 1.807) is 42.5 Å². The Balaban J connectivity index is 1.03. The number of aromatic nitrogens is 2. The SMILES string of the molecule is [2H]c1c([2H])c([2H])c(N(c2cc3c4c(c2)N(c2c([2H])c([2H])c([2H])c([2H])c2[2H])c2c([2H])c([2H])c([2H])c([2H])c2B4c2cc4c(cc2O3)Oc2cc(N(c3c([2H])c([2H])c([2H])c([2H])c3[2H])c3c([2H])c([2H])c([2H])c([2H])c3[2H])cc3c2B4c2cccc4nc(-c5ccccc5)n-3c24)c2c([2H])c([2H])c([2H])c([2H])c2[2H])c([2H])c1[2H]. The lowest BCUT2D eigenvalue weighted by Gasteiger charge is -2.41. The van der Waals surface area contributed by atoms with Crippen molar-refractivity contribution >= 4 is 108 Å². The van der Waals surface area contributed by atoms with Gasteiger partial charge in [0.1, 0.15) is 28.8 Å². The number of benzene rings is 11. The third-order valence-corrected chi connectivity index (χ3v) is 13.8. The topological polar surface area (TPSA) is 46.0 Å². The molecule has 5 heterocycles.